The minimum Gasteiger partial charge on any atom is -0.298 e. The summed E-state index contributed by atoms with van der Waals surface area (Å²) in [7, 11) is 0. The Hall–Kier alpha value is -0.370. The molecule has 1 saturated heterocycles. The van der Waals surface area contributed by atoms with Gasteiger partial charge in [-0.1, -0.05) is 0 Å². The Morgan fingerprint density at radius 2 is 2.25 bits per heavy atom. The fourth-order valence-corrected chi connectivity index (χ4v) is 3.48. The summed E-state index contributed by atoms with van der Waals surface area (Å²) in [5.74, 6) is 0. The highest BCUT2D eigenvalue weighted by Crippen LogP contribution is 2.32. The molecule has 16 heavy (non-hydrogen) atoms. The Kier molecular flexibility index (Phi) is 3.68. The maximum Gasteiger partial charge on any atom is 0.0687 e. The second-order valence-corrected chi connectivity index (χ2v) is 6.50. The van der Waals surface area contributed by atoms with Crippen molar-refractivity contribution >= 4 is 27.3 Å². The van der Waals surface area contributed by atoms with E-state index in [1.54, 1.807) is 11.3 Å². The van der Waals surface area contributed by atoms with Crippen molar-refractivity contribution in [3.05, 3.63) is 20.8 Å². The van der Waals surface area contributed by atoms with Gasteiger partial charge in [0.2, 0.25) is 0 Å². The van der Waals surface area contributed by atoms with Crippen molar-refractivity contribution in [3.8, 4) is 6.07 Å². The number of hydrogen-bond acceptors (Lipinski definition) is 3. The van der Waals surface area contributed by atoms with Crippen LogP contribution in [0, 0.1) is 16.7 Å². The summed E-state index contributed by atoms with van der Waals surface area (Å²) >= 11 is 5.36. The van der Waals surface area contributed by atoms with Gasteiger partial charge in [0, 0.05) is 29.0 Å². The summed E-state index contributed by atoms with van der Waals surface area (Å²) in [6, 6.07) is 4.54. The van der Waals surface area contributed by atoms with Gasteiger partial charge in [0.15, 0.2) is 0 Å². The van der Waals surface area contributed by atoms with Crippen LogP contribution in [0.5, 0.6) is 0 Å². The lowest BCUT2D eigenvalue weighted by atomic mass is 9.82. The minimum absolute atomic E-state index is 0.0941. The molecule has 0 atom stereocenters. The van der Waals surface area contributed by atoms with E-state index in [0.29, 0.717) is 0 Å². The van der Waals surface area contributed by atoms with Crippen molar-refractivity contribution in [1.82, 2.24) is 4.90 Å². The van der Waals surface area contributed by atoms with Crippen molar-refractivity contribution in [2.45, 2.75) is 26.3 Å². The first-order valence-corrected chi connectivity index (χ1v) is 7.16. The first-order chi connectivity index (χ1) is 7.63. The van der Waals surface area contributed by atoms with Crippen LogP contribution in [0.1, 0.15) is 24.6 Å². The second kappa shape index (κ2) is 4.87. The Bertz CT molecular complexity index is 399. The molecule has 0 unspecified atom stereocenters. The lowest BCUT2D eigenvalue weighted by molar-refractivity contribution is 0.151. The Balaban J connectivity index is 1.92. The zero-order valence-electron chi connectivity index (χ0n) is 9.37. The van der Waals surface area contributed by atoms with E-state index in [-0.39, 0.29) is 5.41 Å². The van der Waals surface area contributed by atoms with E-state index in [1.807, 2.05) is 0 Å². The van der Waals surface area contributed by atoms with Crippen molar-refractivity contribution in [2.75, 3.05) is 13.1 Å². The summed E-state index contributed by atoms with van der Waals surface area (Å²) < 4.78 is 1.21. The fourth-order valence-electron chi connectivity index (χ4n) is 1.96. The van der Waals surface area contributed by atoms with E-state index in [9.17, 15) is 0 Å². The van der Waals surface area contributed by atoms with E-state index in [0.717, 1.165) is 32.5 Å². The van der Waals surface area contributed by atoms with Gasteiger partial charge in [-0.05, 0) is 47.1 Å². The molecule has 0 radical (unpaired) electrons. The third-order valence-electron chi connectivity index (χ3n) is 3.29. The van der Waals surface area contributed by atoms with Gasteiger partial charge in [0.25, 0.3) is 0 Å². The summed E-state index contributed by atoms with van der Waals surface area (Å²) in [6.07, 6.45) is 1.99. The molecule has 4 heteroatoms. The molecule has 2 heterocycles. The molecule has 0 aromatic carbocycles. The number of rotatable bonds is 2. The predicted molar refractivity (Wildman–Crippen MR) is 70.3 cm³/mol. The first kappa shape index (κ1) is 12.1. The first-order valence-electron chi connectivity index (χ1n) is 5.48. The number of piperidine rings is 1. The van der Waals surface area contributed by atoms with Crippen molar-refractivity contribution in [3.63, 3.8) is 0 Å². The summed E-state index contributed by atoms with van der Waals surface area (Å²) in [4.78, 5) is 3.83. The second-order valence-electron chi connectivity index (χ2n) is 4.64. The third kappa shape index (κ3) is 2.65. The van der Waals surface area contributed by atoms with Gasteiger partial charge in [-0.15, -0.1) is 11.3 Å². The SMILES string of the molecule is CC1(C#N)CCN(Cc2sccc2Br)CC1. The number of nitriles is 1. The highest BCUT2D eigenvalue weighted by molar-refractivity contribution is 9.10. The van der Waals surface area contributed by atoms with E-state index in [1.165, 1.54) is 9.35 Å². The standard InChI is InChI=1S/C12H15BrN2S/c1-12(9-14)3-5-15(6-4-12)8-11-10(13)2-7-16-11/h2,7H,3-6,8H2,1H3. The summed E-state index contributed by atoms with van der Waals surface area (Å²) in [5.41, 5.74) is -0.0941. The van der Waals surface area contributed by atoms with Crippen LogP contribution in [-0.2, 0) is 6.54 Å². The third-order valence-corrected chi connectivity index (χ3v) is 5.20. The average molecular weight is 299 g/mol. The van der Waals surface area contributed by atoms with E-state index in [2.05, 4.69) is 45.3 Å². The van der Waals surface area contributed by atoms with E-state index >= 15 is 0 Å². The van der Waals surface area contributed by atoms with Crippen LogP contribution >= 0.6 is 27.3 Å². The maximum absolute atomic E-state index is 9.06. The van der Waals surface area contributed by atoms with Gasteiger partial charge in [-0.2, -0.15) is 5.26 Å². The molecule has 2 rings (SSSR count). The zero-order chi connectivity index (χ0) is 11.6. The molecule has 1 fully saturated rings. The normalized spacial score (nSPS) is 20.6. The Morgan fingerprint density at radius 1 is 1.56 bits per heavy atom. The molecular formula is C12H15BrN2S. The monoisotopic (exact) mass is 298 g/mol. The molecule has 0 amide bonds. The lowest BCUT2D eigenvalue weighted by Crippen LogP contribution is -2.37. The molecule has 1 aliphatic heterocycles. The molecule has 0 spiro atoms. The van der Waals surface area contributed by atoms with Crippen LogP contribution in [0.4, 0.5) is 0 Å². The summed E-state index contributed by atoms with van der Waals surface area (Å²) in [6.45, 7) is 5.16. The number of halogens is 1. The van der Waals surface area contributed by atoms with Crippen LogP contribution in [0.15, 0.2) is 15.9 Å². The number of likely N-dealkylation sites (tertiary alicyclic amines) is 1. The van der Waals surface area contributed by atoms with Crippen molar-refractivity contribution in [2.24, 2.45) is 5.41 Å². The van der Waals surface area contributed by atoms with Crippen LogP contribution in [0.2, 0.25) is 0 Å². The molecule has 1 aromatic rings. The van der Waals surface area contributed by atoms with Gasteiger partial charge in [0.1, 0.15) is 0 Å². The smallest absolute Gasteiger partial charge is 0.0687 e. The minimum atomic E-state index is -0.0941. The van der Waals surface area contributed by atoms with E-state index in [4.69, 9.17) is 5.26 Å². The van der Waals surface area contributed by atoms with Crippen LogP contribution < -0.4 is 0 Å². The average Bonchev–Trinajstić information content (AvgIpc) is 2.68. The molecule has 0 N–H and O–H groups in total. The number of nitrogens with zero attached hydrogens (tertiary/aromatic N) is 2. The Morgan fingerprint density at radius 3 is 2.75 bits per heavy atom. The molecule has 0 saturated carbocycles. The quantitative estimate of drug-likeness (QED) is 0.833. The number of thiophene rings is 1. The van der Waals surface area contributed by atoms with Gasteiger partial charge >= 0.3 is 0 Å². The highest BCUT2D eigenvalue weighted by Gasteiger charge is 2.29. The highest BCUT2D eigenvalue weighted by atomic mass is 79.9. The van der Waals surface area contributed by atoms with Crippen LogP contribution in [0.25, 0.3) is 0 Å². The molecule has 86 valence electrons. The van der Waals surface area contributed by atoms with Gasteiger partial charge in [-0.3, -0.25) is 4.90 Å². The molecule has 0 aliphatic carbocycles. The number of hydrogen-bond donors (Lipinski definition) is 0. The fraction of sp³-hybridized carbons (Fsp3) is 0.583. The molecule has 1 aromatic heterocycles. The largest absolute Gasteiger partial charge is 0.298 e. The van der Waals surface area contributed by atoms with Crippen LogP contribution in [0.3, 0.4) is 0 Å². The maximum atomic E-state index is 9.06. The van der Waals surface area contributed by atoms with Crippen molar-refractivity contribution < 1.29 is 0 Å². The molecule has 2 nitrogen and oxygen atoms in total. The van der Waals surface area contributed by atoms with Gasteiger partial charge in [-0.25, -0.2) is 0 Å². The van der Waals surface area contributed by atoms with Crippen molar-refractivity contribution in [1.29, 1.82) is 5.26 Å². The molecule has 0 bridgehead atoms. The zero-order valence-corrected chi connectivity index (χ0v) is 11.8. The lowest BCUT2D eigenvalue weighted by Gasteiger charge is -2.34. The van der Waals surface area contributed by atoms with E-state index < -0.39 is 0 Å². The molecule has 1 aliphatic rings. The summed E-state index contributed by atoms with van der Waals surface area (Å²) in [5, 5.41) is 11.2. The van der Waals surface area contributed by atoms with Crippen LogP contribution in [-0.4, -0.2) is 18.0 Å². The van der Waals surface area contributed by atoms with Gasteiger partial charge < -0.3 is 0 Å². The topological polar surface area (TPSA) is 27.0 Å². The Labute approximate surface area is 109 Å². The molecular weight excluding hydrogens is 284 g/mol. The predicted octanol–water partition coefficient (Wildman–Crippen LogP) is 3.64. The van der Waals surface area contributed by atoms with Gasteiger partial charge in [0.05, 0.1) is 11.5 Å².